The lowest BCUT2D eigenvalue weighted by Crippen LogP contribution is -2.45. The minimum Gasteiger partial charge on any atom is -0.497 e. The fraction of sp³-hybridized carbons (Fsp3) is 0.562. The zero-order chi connectivity index (χ0) is 17.6. The molecule has 1 aromatic rings. The maximum Gasteiger partial charge on any atom is 0.228 e. The van der Waals surface area contributed by atoms with Crippen molar-refractivity contribution >= 4 is 21.6 Å². The van der Waals surface area contributed by atoms with Crippen LogP contribution >= 0.6 is 0 Å². The number of ether oxygens (including phenoxy) is 2. The van der Waals surface area contributed by atoms with E-state index < -0.39 is 10.0 Å². The van der Waals surface area contributed by atoms with E-state index in [1.165, 1.54) is 11.4 Å². The van der Waals surface area contributed by atoms with Crippen LogP contribution in [-0.4, -0.2) is 58.3 Å². The summed E-state index contributed by atoms with van der Waals surface area (Å²) in [5.74, 6) is 0.141. The van der Waals surface area contributed by atoms with Gasteiger partial charge in [0.25, 0.3) is 0 Å². The highest BCUT2D eigenvalue weighted by Gasteiger charge is 2.32. The van der Waals surface area contributed by atoms with E-state index in [1.54, 1.807) is 31.4 Å². The molecule has 1 aliphatic rings. The Morgan fingerprint density at radius 1 is 1.29 bits per heavy atom. The van der Waals surface area contributed by atoms with Crippen LogP contribution in [0.2, 0.25) is 0 Å². The number of amides is 1. The van der Waals surface area contributed by atoms with E-state index in [4.69, 9.17) is 9.47 Å². The van der Waals surface area contributed by atoms with Crippen molar-refractivity contribution in [2.45, 2.75) is 12.8 Å². The predicted octanol–water partition coefficient (Wildman–Crippen LogP) is 1.32. The van der Waals surface area contributed by atoms with E-state index in [1.807, 2.05) is 0 Å². The van der Waals surface area contributed by atoms with Crippen LogP contribution < -0.4 is 10.1 Å². The third-order valence-electron chi connectivity index (χ3n) is 4.05. The van der Waals surface area contributed by atoms with Gasteiger partial charge in [-0.15, -0.1) is 0 Å². The number of hydrogen-bond donors (Lipinski definition) is 1. The summed E-state index contributed by atoms with van der Waals surface area (Å²) in [6.45, 7) is 0.827. The highest BCUT2D eigenvalue weighted by atomic mass is 32.2. The first-order chi connectivity index (χ1) is 11.5. The monoisotopic (exact) mass is 356 g/mol. The molecule has 1 N–H and O–H groups in total. The summed E-state index contributed by atoms with van der Waals surface area (Å²) in [6, 6.07) is 7.04. The van der Waals surface area contributed by atoms with Crippen LogP contribution in [0, 0.1) is 5.92 Å². The van der Waals surface area contributed by atoms with Gasteiger partial charge in [0, 0.05) is 25.9 Å². The lowest BCUT2D eigenvalue weighted by Gasteiger charge is -2.31. The quantitative estimate of drug-likeness (QED) is 0.796. The Labute approximate surface area is 143 Å². The number of hydrogen-bond acceptors (Lipinski definition) is 5. The summed E-state index contributed by atoms with van der Waals surface area (Å²) in [4.78, 5) is 12.4. The molecule has 0 spiro atoms. The number of anilines is 1. The number of benzene rings is 1. The average Bonchev–Trinajstić information content (AvgIpc) is 2.61. The zero-order valence-corrected chi connectivity index (χ0v) is 14.8. The van der Waals surface area contributed by atoms with Crippen molar-refractivity contribution in [3.8, 4) is 5.75 Å². The van der Waals surface area contributed by atoms with Crippen molar-refractivity contribution in [3.05, 3.63) is 24.3 Å². The molecule has 7 nitrogen and oxygen atoms in total. The SMILES string of the molecule is COCCS(=O)(=O)N1CCCC(C(=O)Nc2ccc(OC)cc2)C1. The molecular formula is C16H24N2O5S. The average molecular weight is 356 g/mol. The maximum absolute atomic E-state index is 12.4. The zero-order valence-electron chi connectivity index (χ0n) is 14.0. The van der Waals surface area contributed by atoms with Crippen molar-refractivity contribution < 1.29 is 22.7 Å². The molecule has 1 aliphatic heterocycles. The number of rotatable bonds is 7. The molecule has 0 radical (unpaired) electrons. The van der Waals surface area contributed by atoms with Crippen molar-refractivity contribution in [3.63, 3.8) is 0 Å². The molecule has 0 aromatic heterocycles. The van der Waals surface area contributed by atoms with Gasteiger partial charge in [-0.05, 0) is 37.1 Å². The summed E-state index contributed by atoms with van der Waals surface area (Å²) in [5, 5.41) is 2.84. The predicted molar refractivity (Wildman–Crippen MR) is 91.6 cm³/mol. The van der Waals surface area contributed by atoms with Crippen LogP contribution in [0.4, 0.5) is 5.69 Å². The molecule has 1 aromatic carbocycles. The van der Waals surface area contributed by atoms with Crippen LogP contribution in [0.25, 0.3) is 0 Å². The molecule has 2 rings (SSSR count). The largest absolute Gasteiger partial charge is 0.497 e. The van der Waals surface area contributed by atoms with E-state index in [-0.39, 0.29) is 30.7 Å². The second-order valence-corrected chi connectivity index (χ2v) is 7.81. The molecule has 1 saturated heterocycles. The summed E-state index contributed by atoms with van der Waals surface area (Å²) in [5.41, 5.74) is 0.667. The van der Waals surface area contributed by atoms with Crippen molar-refractivity contribution in [2.24, 2.45) is 5.92 Å². The number of nitrogens with one attached hydrogen (secondary N) is 1. The maximum atomic E-state index is 12.4. The molecule has 0 saturated carbocycles. The van der Waals surface area contributed by atoms with Crippen molar-refractivity contribution in [2.75, 3.05) is 45.0 Å². The molecule has 1 unspecified atom stereocenters. The first-order valence-corrected chi connectivity index (χ1v) is 9.49. The van der Waals surface area contributed by atoms with Crippen LogP contribution in [0.3, 0.4) is 0 Å². The highest BCUT2D eigenvalue weighted by Crippen LogP contribution is 2.22. The molecule has 1 atom stereocenters. The van der Waals surface area contributed by atoms with E-state index in [0.717, 1.165) is 0 Å². The number of carbonyl (C=O) groups is 1. The van der Waals surface area contributed by atoms with Gasteiger partial charge in [0.1, 0.15) is 5.75 Å². The number of methoxy groups -OCH3 is 2. The summed E-state index contributed by atoms with van der Waals surface area (Å²) in [7, 11) is -0.335. The second kappa shape index (κ2) is 8.46. The van der Waals surface area contributed by atoms with Crippen molar-refractivity contribution in [1.82, 2.24) is 4.31 Å². The Kier molecular flexibility index (Phi) is 6.59. The van der Waals surface area contributed by atoms with Gasteiger partial charge >= 0.3 is 0 Å². The normalized spacial score (nSPS) is 19.0. The third-order valence-corrected chi connectivity index (χ3v) is 5.85. The molecule has 1 heterocycles. The fourth-order valence-electron chi connectivity index (χ4n) is 2.65. The van der Waals surface area contributed by atoms with E-state index in [2.05, 4.69) is 5.32 Å². The number of piperidine rings is 1. The first-order valence-electron chi connectivity index (χ1n) is 7.88. The molecule has 0 aliphatic carbocycles. The second-order valence-electron chi connectivity index (χ2n) is 5.72. The van der Waals surface area contributed by atoms with Gasteiger partial charge in [-0.2, -0.15) is 0 Å². The molecule has 134 valence electrons. The van der Waals surface area contributed by atoms with E-state index >= 15 is 0 Å². The summed E-state index contributed by atoms with van der Waals surface area (Å²) in [6.07, 6.45) is 1.35. The lowest BCUT2D eigenvalue weighted by molar-refractivity contribution is -0.120. The smallest absolute Gasteiger partial charge is 0.228 e. The van der Waals surface area contributed by atoms with Gasteiger partial charge in [0.2, 0.25) is 15.9 Å². The molecule has 1 amide bonds. The van der Waals surface area contributed by atoms with Crippen molar-refractivity contribution in [1.29, 1.82) is 0 Å². The number of sulfonamides is 1. The molecule has 1 fully saturated rings. The Hall–Kier alpha value is -1.64. The summed E-state index contributed by atoms with van der Waals surface area (Å²) < 4.78 is 35.8. The minimum absolute atomic E-state index is 0.0592. The minimum atomic E-state index is -3.38. The Morgan fingerprint density at radius 3 is 2.62 bits per heavy atom. The summed E-state index contributed by atoms with van der Waals surface area (Å²) >= 11 is 0. The van der Waals surface area contributed by atoms with Crippen LogP contribution in [0.15, 0.2) is 24.3 Å². The standard InChI is InChI=1S/C16H24N2O5S/c1-22-10-11-24(20,21)18-9-3-4-13(12-18)16(19)17-14-5-7-15(23-2)8-6-14/h5-8,13H,3-4,9-12H2,1-2H3,(H,17,19). The van der Waals surface area contributed by atoms with Gasteiger partial charge in [-0.1, -0.05) is 0 Å². The Morgan fingerprint density at radius 2 is 2.00 bits per heavy atom. The highest BCUT2D eigenvalue weighted by molar-refractivity contribution is 7.89. The van der Waals surface area contributed by atoms with Gasteiger partial charge in [0.05, 0.1) is 25.4 Å². The molecule has 8 heteroatoms. The van der Waals surface area contributed by atoms with Crippen LogP contribution in [0.5, 0.6) is 5.75 Å². The topological polar surface area (TPSA) is 84.9 Å². The number of nitrogens with zero attached hydrogens (tertiary/aromatic N) is 1. The van der Waals surface area contributed by atoms with Crippen LogP contribution in [-0.2, 0) is 19.6 Å². The van der Waals surface area contributed by atoms with E-state index in [0.29, 0.717) is 30.8 Å². The molecule has 24 heavy (non-hydrogen) atoms. The molecular weight excluding hydrogens is 332 g/mol. The third kappa shape index (κ3) is 4.93. The van der Waals surface area contributed by atoms with Gasteiger partial charge in [0.15, 0.2) is 0 Å². The van der Waals surface area contributed by atoms with E-state index in [9.17, 15) is 13.2 Å². The fourth-order valence-corrected chi connectivity index (χ4v) is 4.10. The Balaban J connectivity index is 1.96. The van der Waals surface area contributed by atoms with Gasteiger partial charge < -0.3 is 14.8 Å². The lowest BCUT2D eigenvalue weighted by atomic mass is 9.99. The molecule has 0 bridgehead atoms. The van der Waals surface area contributed by atoms with Gasteiger partial charge in [-0.3, -0.25) is 4.79 Å². The first kappa shape index (κ1) is 18.7. The van der Waals surface area contributed by atoms with Crippen LogP contribution in [0.1, 0.15) is 12.8 Å². The number of carbonyl (C=O) groups excluding carboxylic acids is 1. The van der Waals surface area contributed by atoms with Gasteiger partial charge in [-0.25, -0.2) is 12.7 Å². The Bertz CT molecular complexity index is 645.